The van der Waals surface area contributed by atoms with E-state index in [1.54, 1.807) is 12.1 Å². The van der Waals surface area contributed by atoms with Crippen molar-refractivity contribution in [2.45, 2.75) is 18.4 Å². The highest BCUT2D eigenvalue weighted by Gasteiger charge is 2.32. The zero-order valence-corrected chi connectivity index (χ0v) is 14.5. The SMILES string of the molecule is CCOC(=O)CN(Cc1ccccn1)S(=O)(=O)c1ccc(F)c(F)c1F. The quantitative estimate of drug-likeness (QED) is 0.537. The Balaban J connectivity index is 2.45. The normalized spacial score (nSPS) is 11.6. The Bertz CT molecular complexity index is 892. The molecule has 0 saturated heterocycles. The molecule has 140 valence electrons. The maximum absolute atomic E-state index is 14.0. The van der Waals surface area contributed by atoms with Crippen molar-refractivity contribution in [2.24, 2.45) is 0 Å². The van der Waals surface area contributed by atoms with Crippen LogP contribution in [-0.4, -0.2) is 36.8 Å². The molecule has 0 aliphatic carbocycles. The lowest BCUT2D eigenvalue weighted by Gasteiger charge is -2.21. The first-order valence-electron chi connectivity index (χ1n) is 7.46. The Morgan fingerprint density at radius 3 is 2.50 bits per heavy atom. The van der Waals surface area contributed by atoms with E-state index < -0.39 is 44.9 Å². The van der Waals surface area contributed by atoms with Gasteiger partial charge in [0.15, 0.2) is 17.5 Å². The lowest BCUT2D eigenvalue weighted by Crippen LogP contribution is -2.36. The molecule has 0 N–H and O–H groups in total. The van der Waals surface area contributed by atoms with Crippen LogP contribution < -0.4 is 0 Å². The maximum atomic E-state index is 14.0. The summed E-state index contributed by atoms with van der Waals surface area (Å²) >= 11 is 0. The van der Waals surface area contributed by atoms with E-state index >= 15 is 0 Å². The van der Waals surface area contributed by atoms with E-state index in [-0.39, 0.29) is 18.8 Å². The van der Waals surface area contributed by atoms with E-state index in [4.69, 9.17) is 4.74 Å². The largest absolute Gasteiger partial charge is 0.465 e. The van der Waals surface area contributed by atoms with Crippen LogP contribution in [-0.2, 0) is 26.1 Å². The number of sulfonamides is 1. The monoisotopic (exact) mass is 388 g/mol. The predicted octanol–water partition coefficient (Wildman–Crippen LogP) is 2.25. The van der Waals surface area contributed by atoms with Gasteiger partial charge in [-0.05, 0) is 31.2 Å². The molecule has 0 unspecified atom stereocenters. The number of esters is 1. The second kappa shape index (κ2) is 8.28. The molecule has 1 heterocycles. The molecule has 0 fully saturated rings. The Hall–Kier alpha value is -2.46. The smallest absolute Gasteiger partial charge is 0.321 e. The van der Waals surface area contributed by atoms with Gasteiger partial charge >= 0.3 is 5.97 Å². The number of benzene rings is 1. The van der Waals surface area contributed by atoms with Crippen LogP contribution in [0.1, 0.15) is 12.6 Å². The van der Waals surface area contributed by atoms with E-state index in [1.807, 2.05) is 0 Å². The van der Waals surface area contributed by atoms with Crippen molar-refractivity contribution in [3.63, 3.8) is 0 Å². The molecule has 1 aromatic carbocycles. The third kappa shape index (κ3) is 4.38. The molecule has 10 heteroatoms. The van der Waals surface area contributed by atoms with Gasteiger partial charge in [-0.3, -0.25) is 9.78 Å². The zero-order chi connectivity index (χ0) is 19.3. The standard InChI is InChI=1S/C16H15F3N2O4S/c1-2-25-14(22)10-21(9-11-5-3-4-8-20-11)26(23,24)13-7-6-12(17)15(18)16(13)19/h3-8H,2,9-10H2,1H3. The summed E-state index contributed by atoms with van der Waals surface area (Å²) in [5.74, 6) is -6.18. The summed E-state index contributed by atoms with van der Waals surface area (Å²) in [6, 6.07) is 5.78. The second-order valence-corrected chi connectivity index (χ2v) is 6.98. The van der Waals surface area contributed by atoms with E-state index in [0.717, 1.165) is 0 Å². The molecule has 0 aliphatic heterocycles. The van der Waals surface area contributed by atoms with Gasteiger partial charge in [0, 0.05) is 6.20 Å². The summed E-state index contributed by atoms with van der Waals surface area (Å²) in [4.78, 5) is 14.6. The molecule has 0 saturated carbocycles. The van der Waals surface area contributed by atoms with Crippen molar-refractivity contribution < 1.29 is 31.1 Å². The summed E-state index contributed by atoms with van der Waals surface area (Å²) in [5, 5.41) is 0. The average molecular weight is 388 g/mol. The van der Waals surface area contributed by atoms with Gasteiger partial charge in [0.2, 0.25) is 10.0 Å². The van der Waals surface area contributed by atoms with Gasteiger partial charge in [-0.15, -0.1) is 0 Å². The lowest BCUT2D eigenvalue weighted by atomic mass is 10.3. The maximum Gasteiger partial charge on any atom is 0.321 e. The third-order valence-electron chi connectivity index (χ3n) is 3.29. The number of hydrogen-bond donors (Lipinski definition) is 0. The first-order chi connectivity index (χ1) is 12.3. The molecule has 6 nitrogen and oxygen atoms in total. The molecule has 0 spiro atoms. The van der Waals surface area contributed by atoms with Crippen LogP contribution in [0.15, 0.2) is 41.4 Å². The lowest BCUT2D eigenvalue weighted by molar-refractivity contribution is -0.143. The van der Waals surface area contributed by atoms with Crippen molar-refractivity contribution in [2.75, 3.05) is 13.2 Å². The number of halogens is 3. The minimum Gasteiger partial charge on any atom is -0.465 e. The minimum atomic E-state index is -4.67. The number of carbonyl (C=O) groups is 1. The molecule has 1 aromatic heterocycles. The minimum absolute atomic E-state index is 0.00977. The highest BCUT2D eigenvalue weighted by molar-refractivity contribution is 7.89. The fourth-order valence-electron chi connectivity index (χ4n) is 2.10. The van der Waals surface area contributed by atoms with Crippen molar-refractivity contribution in [3.8, 4) is 0 Å². The van der Waals surface area contributed by atoms with Gasteiger partial charge in [0.1, 0.15) is 11.4 Å². The molecule has 0 bridgehead atoms. The van der Waals surface area contributed by atoms with Crippen LogP contribution in [0.5, 0.6) is 0 Å². The fourth-order valence-corrected chi connectivity index (χ4v) is 3.51. The Kier molecular flexibility index (Phi) is 6.32. The van der Waals surface area contributed by atoms with Gasteiger partial charge in [0.25, 0.3) is 0 Å². The van der Waals surface area contributed by atoms with Gasteiger partial charge in [-0.25, -0.2) is 21.6 Å². The summed E-state index contributed by atoms with van der Waals surface area (Å²) in [7, 11) is -4.67. The molecule has 0 radical (unpaired) electrons. The summed E-state index contributed by atoms with van der Waals surface area (Å²) < 4.78 is 71.3. The van der Waals surface area contributed by atoms with Crippen LogP contribution in [0.2, 0.25) is 0 Å². The van der Waals surface area contributed by atoms with Crippen molar-refractivity contribution in [1.82, 2.24) is 9.29 Å². The summed E-state index contributed by atoms with van der Waals surface area (Å²) in [6.45, 7) is 0.409. The highest BCUT2D eigenvalue weighted by Crippen LogP contribution is 2.24. The first kappa shape index (κ1) is 19.9. The number of pyridine rings is 1. The molecule has 26 heavy (non-hydrogen) atoms. The highest BCUT2D eigenvalue weighted by atomic mass is 32.2. The first-order valence-corrected chi connectivity index (χ1v) is 8.90. The molecule has 0 amide bonds. The average Bonchev–Trinajstić information content (AvgIpc) is 2.60. The Morgan fingerprint density at radius 2 is 1.88 bits per heavy atom. The number of ether oxygens (including phenoxy) is 1. The molecule has 2 rings (SSSR count). The zero-order valence-electron chi connectivity index (χ0n) is 13.7. The van der Waals surface area contributed by atoms with Crippen molar-refractivity contribution >= 4 is 16.0 Å². The Labute approximate surface area is 148 Å². The fraction of sp³-hybridized carbons (Fsp3) is 0.250. The molecule has 2 aromatic rings. The number of nitrogens with zero attached hydrogens (tertiary/aromatic N) is 2. The molecular formula is C16H15F3N2O4S. The van der Waals surface area contributed by atoms with Crippen molar-refractivity contribution in [1.29, 1.82) is 0 Å². The van der Waals surface area contributed by atoms with Crippen LogP contribution in [0.4, 0.5) is 13.2 Å². The van der Waals surface area contributed by atoms with Crippen LogP contribution in [0.25, 0.3) is 0 Å². The summed E-state index contributed by atoms with van der Waals surface area (Å²) in [6.07, 6.45) is 1.41. The number of hydrogen-bond acceptors (Lipinski definition) is 5. The van der Waals surface area contributed by atoms with Crippen LogP contribution in [0.3, 0.4) is 0 Å². The van der Waals surface area contributed by atoms with E-state index in [2.05, 4.69) is 4.98 Å². The molecular weight excluding hydrogens is 373 g/mol. The van der Waals surface area contributed by atoms with Crippen LogP contribution >= 0.6 is 0 Å². The van der Waals surface area contributed by atoms with Gasteiger partial charge in [0.05, 0.1) is 18.8 Å². The van der Waals surface area contributed by atoms with E-state index in [9.17, 15) is 26.4 Å². The van der Waals surface area contributed by atoms with Gasteiger partial charge in [-0.2, -0.15) is 4.31 Å². The third-order valence-corrected chi connectivity index (χ3v) is 5.10. The molecule has 0 aliphatic rings. The second-order valence-electron chi connectivity index (χ2n) is 5.07. The topological polar surface area (TPSA) is 76.6 Å². The number of aromatic nitrogens is 1. The number of rotatable bonds is 7. The van der Waals surface area contributed by atoms with Crippen LogP contribution in [0, 0.1) is 17.5 Å². The van der Waals surface area contributed by atoms with Crippen molar-refractivity contribution in [3.05, 3.63) is 59.7 Å². The molecule has 0 atom stereocenters. The van der Waals surface area contributed by atoms with Gasteiger partial charge in [-0.1, -0.05) is 6.07 Å². The van der Waals surface area contributed by atoms with Gasteiger partial charge < -0.3 is 4.74 Å². The van der Waals surface area contributed by atoms with E-state index in [0.29, 0.717) is 16.4 Å². The Morgan fingerprint density at radius 1 is 1.15 bits per heavy atom. The van der Waals surface area contributed by atoms with E-state index in [1.165, 1.54) is 19.2 Å². The summed E-state index contributed by atoms with van der Waals surface area (Å²) in [5.41, 5.74) is 0.267. The number of carbonyl (C=O) groups excluding carboxylic acids is 1. The predicted molar refractivity (Wildman–Crippen MR) is 84.8 cm³/mol.